The van der Waals surface area contributed by atoms with Gasteiger partial charge in [-0.25, -0.2) is 4.39 Å². The first kappa shape index (κ1) is 30.8. The predicted molar refractivity (Wildman–Crippen MR) is 172 cm³/mol. The smallest absolute Gasteiger partial charge is 0.128 e. The third kappa shape index (κ3) is 8.67. The molecule has 3 aromatic carbocycles. The predicted octanol–water partition coefficient (Wildman–Crippen LogP) is 6.37. The van der Waals surface area contributed by atoms with Crippen molar-refractivity contribution in [3.05, 3.63) is 128 Å². The van der Waals surface area contributed by atoms with Gasteiger partial charge in [0, 0.05) is 53.3 Å². The fourth-order valence-electron chi connectivity index (χ4n) is 4.74. The standard InChI is InChI=1S/C36H37FN6/c1-2-3-4-6-27-16-28(18-29(17-27)20-38)15-25-9-11-26(12-10-25)22-42-23-33(21-39)35(30-7-5-8-30)43-24-32-14-13-31(36(40)41)19-34(32)37/h9-14,16-19,21,23,43H,2-3,5,7-8,15,22,24,39H2,1H3,(H3,40,41)/b33-21+,42-23?. The molecule has 0 aliphatic heterocycles. The molecule has 0 saturated heterocycles. The van der Waals surface area contributed by atoms with E-state index >= 15 is 0 Å². The van der Waals surface area contributed by atoms with E-state index in [1.807, 2.05) is 12.1 Å². The maximum absolute atomic E-state index is 14.6. The van der Waals surface area contributed by atoms with Crippen molar-refractivity contribution < 1.29 is 4.39 Å². The maximum Gasteiger partial charge on any atom is 0.128 e. The second kappa shape index (κ2) is 15.2. The second-order valence-corrected chi connectivity index (χ2v) is 10.6. The molecule has 6 nitrogen and oxygen atoms in total. The quantitative estimate of drug-likeness (QED) is 0.121. The summed E-state index contributed by atoms with van der Waals surface area (Å²) in [6.45, 7) is 2.86. The van der Waals surface area contributed by atoms with Crippen molar-refractivity contribution in [3.8, 4) is 17.9 Å². The van der Waals surface area contributed by atoms with Gasteiger partial charge >= 0.3 is 0 Å². The van der Waals surface area contributed by atoms with E-state index in [9.17, 15) is 9.65 Å². The van der Waals surface area contributed by atoms with Gasteiger partial charge in [-0.15, -0.1) is 0 Å². The third-order valence-corrected chi connectivity index (χ3v) is 7.26. The summed E-state index contributed by atoms with van der Waals surface area (Å²) in [5.41, 5.74) is 20.0. The van der Waals surface area contributed by atoms with E-state index in [0.717, 1.165) is 65.6 Å². The summed E-state index contributed by atoms with van der Waals surface area (Å²) in [6, 6.07) is 20.9. The molecule has 218 valence electrons. The van der Waals surface area contributed by atoms with Crippen molar-refractivity contribution in [1.82, 2.24) is 5.32 Å². The molecule has 0 spiro atoms. The van der Waals surface area contributed by atoms with Crippen LogP contribution in [0.1, 0.15) is 78.0 Å². The second-order valence-electron chi connectivity index (χ2n) is 10.6. The highest BCUT2D eigenvalue weighted by Gasteiger charge is 2.17. The van der Waals surface area contributed by atoms with Crippen LogP contribution >= 0.6 is 0 Å². The van der Waals surface area contributed by atoms with Gasteiger partial charge in [0.1, 0.15) is 11.7 Å². The Bertz CT molecular complexity index is 1660. The van der Waals surface area contributed by atoms with Gasteiger partial charge in [0.15, 0.2) is 0 Å². The number of nitrogen functional groups attached to an aromatic ring is 1. The van der Waals surface area contributed by atoms with Crippen LogP contribution in [-0.4, -0.2) is 12.1 Å². The Balaban J connectivity index is 1.39. The number of benzene rings is 3. The number of nitrogens with one attached hydrogen (secondary N) is 2. The number of unbranched alkanes of at least 4 members (excludes halogenated alkanes) is 1. The minimum absolute atomic E-state index is 0.164. The molecule has 0 bridgehead atoms. The van der Waals surface area contributed by atoms with Crippen molar-refractivity contribution in [1.29, 1.82) is 10.7 Å². The fraction of sp³-hybridized carbons (Fsp3) is 0.250. The van der Waals surface area contributed by atoms with Crippen molar-refractivity contribution in [2.24, 2.45) is 16.5 Å². The first-order valence-electron chi connectivity index (χ1n) is 14.5. The lowest BCUT2D eigenvalue weighted by Gasteiger charge is -2.24. The molecule has 0 atom stereocenters. The van der Waals surface area contributed by atoms with E-state index < -0.39 is 5.82 Å². The zero-order chi connectivity index (χ0) is 30.6. The zero-order valence-corrected chi connectivity index (χ0v) is 24.5. The molecule has 1 saturated carbocycles. The van der Waals surface area contributed by atoms with E-state index in [0.29, 0.717) is 29.7 Å². The largest absolute Gasteiger partial charge is 0.404 e. The van der Waals surface area contributed by atoms with Crippen LogP contribution in [0.15, 0.2) is 88.7 Å². The molecule has 4 rings (SSSR count). The Hall–Kier alpha value is -5.14. The van der Waals surface area contributed by atoms with E-state index in [1.165, 1.54) is 17.8 Å². The van der Waals surface area contributed by atoms with Crippen molar-refractivity contribution in [3.63, 3.8) is 0 Å². The topological polar surface area (TPSA) is 124 Å². The van der Waals surface area contributed by atoms with E-state index in [-0.39, 0.29) is 12.4 Å². The Morgan fingerprint density at radius 2 is 1.79 bits per heavy atom. The van der Waals surface area contributed by atoms with Crippen LogP contribution in [0, 0.1) is 34.4 Å². The van der Waals surface area contributed by atoms with Gasteiger partial charge in [0.25, 0.3) is 0 Å². The van der Waals surface area contributed by atoms with Gasteiger partial charge in [-0.2, -0.15) is 5.26 Å². The molecule has 0 radical (unpaired) electrons. The molecular weight excluding hydrogens is 535 g/mol. The molecule has 1 fully saturated rings. The molecule has 3 aromatic rings. The fourth-order valence-corrected chi connectivity index (χ4v) is 4.74. The lowest BCUT2D eigenvalue weighted by atomic mass is 9.88. The van der Waals surface area contributed by atoms with Crippen LogP contribution in [0.3, 0.4) is 0 Å². The van der Waals surface area contributed by atoms with Crippen molar-refractivity contribution in [2.75, 3.05) is 0 Å². The van der Waals surface area contributed by atoms with E-state index in [4.69, 9.17) is 16.9 Å². The molecular formula is C36H37FN6. The summed E-state index contributed by atoms with van der Waals surface area (Å²) in [5, 5.41) is 20.3. The lowest BCUT2D eigenvalue weighted by molar-refractivity contribution is 0.594. The number of nitrogens with two attached hydrogens (primary N) is 2. The summed E-state index contributed by atoms with van der Waals surface area (Å²) in [7, 11) is 0. The first-order valence-corrected chi connectivity index (χ1v) is 14.5. The summed E-state index contributed by atoms with van der Waals surface area (Å²) in [5.74, 6) is 5.76. The highest BCUT2D eigenvalue weighted by molar-refractivity contribution is 5.94. The number of nitrogens with zero attached hydrogens (tertiary/aromatic N) is 2. The number of amidine groups is 1. The summed E-state index contributed by atoms with van der Waals surface area (Å²) in [4.78, 5) is 4.65. The minimum atomic E-state index is -0.410. The number of hydrogen-bond donors (Lipinski definition) is 4. The van der Waals surface area contributed by atoms with Gasteiger partial charge < -0.3 is 16.8 Å². The monoisotopic (exact) mass is 572 g/mol. The van der Waals surface area contributed by atoms with Gasteiger partial charge in [-0.1, -0.05) is 55.2 Å². The normalized spacial score (nSPS) is 12.7. The van der Waals surface area contributed by atoms with Crippen LogP contribution < -0.4 is 16.8 Å². The molecule has 0 aromatic heterocycles. The molecule has 1 aliphatic rings. The highest BCUT2D eigenvalue weighted by atomic mass is 19.1. The average Bonchev–Trinajstić information content (AvgIpc) is 2.98. The van der Waals surface area contributed by atoms with Gasteiger partial charge in [0.05, 0.1) is 18.2 Å². The molecule has 6 N–H and O–H groups in total. The number of aliphatic imine (C=N–C) groups is 1. The van der Waals surface area contributed by atoms with Crippen LogP contribution in [0.5, 0.6) is 0 Å². The number of allylic oxidation sites excluding steroid dienone is 2. The third-order valence-electron chi connectivity index (χ3n) is 7.26. The Morgan fingerprint density at radius 1 is 1.05 bits per heavy atom. The Kier molecular flexibility index (Phi) is 10.9. The molecule has 7 heteroatoms. The molecule has 0 unspecified atom stereocenters. The number of nitriles is 1. The minimum Gasteiger partial charge on any atom is -0.404 e. The molecule has 0 heterocycles. The van der Waals surface area contributed by atoms with Crippen LogP contribution in [0.2, 0.25) is 0 Å². The number of rotatable bonds is 11. The summed E-state index contributed by atoms with van der Waals surface area (Å²) in [6.07, 6.45) is 8.89. The zero-order valence-electron chi connectivity index (χ0n) is 24.5. The Morgan fingerprint density at radius 3 is 2.42 bits per heavy atom. The van der Waals surface area contributed by atoms with Crippen molar-refractivity contribution >= 4 is 12.1 Å². The molecule has 0 amide bonds. The van der Waals surface area contributed by atoms with E-state index in [2.05, 4.69) is 65.5 Å². The highest BCUT2D eigenvalue weighted by Crippen LogP contribution is 2.30. The average molecular weight is 573 g/mol. The Labute approximate surface area is 253 Å². The number of halogens is 1. The van der Waals surface area contributed by atoms with Gasteiger partial charge in [-0.05, 0) is 78.6 Å². The van der Waals surface area contributed by atoms with Crippen LogP contribution in [0.25, 0.3) is 0 Å². The summed E-state index contributed by atoms with van der Waals surface area (Å²) >= 11 is 0. The first-order chi connectivity index (χ1) is 20.9. The molecule has 1 aliphatic carbocycles. The SMILES string of the molecule is CCCC#Cc1cc(C#N)cc(Cc2ccc(CN=C/C(=C\N)C(NCc3ccc(C(=N)N)cc3F)=C3CCC3)cc2)c1. The van der Waals surface area contributed by atoms with Gasteiger partial charge in [0.2, 0.25) is 0 Å². The van der Waals surface area contributed by atoms with Crippen LogP contribution in [-0.2, 0) is 19.5 Å². The molecule has 43 heavy (non-hydrogen) atoms. The maximum atomic E-state index is 14.6. The van der Waals surface area contributed by atoms with E-state index in [1.54, 1.807) is 18.3 Å². The van der Waals surface area contributed by atoms with Crippen LogP contribution in [0.4, 0.5) is 4.39 Å². The van der Waals surface area contributed by atoms with Gasteiger partial charge in [-0.3, -0.25) is 10.4 Å². The summed E-state index contributed by atoms with van der Waals surface area (Å²) < 4.78 is 14.6. The number of hydrogen-bond acceptors (Lipinski definition) is 5. The lowest BCUT2D eigenvalue weighted by Crippen LogP contribution is -2.21. The van der Waals surface area contributed by atoms with Crippen molar-refractivity contribution in [2.45, 2.75) is 58.5 Å².